The Kier molecular flexibility index (Phi) is 2.89. The van der Waals surface area contributed by atoms with Crippen molar-refractivity contribution in [2.75, 3.05) is 0 Å². The van der Waals surface area contributed by atoms with Crippen LogP contribution < -0.4 is 0 Å². The molecule has 0 aliphatic carbocycles. The molecule has 0 fully saturated rings. The molecule has 2 rings (SSSR count). The van der Waals surface area contributed by atoms with Gasteiger partial charge in [-0.2, -0.15) is 13.2 Å². The van der Waals surface area contributed by atoms with Gasteiger partial charge >= 0.3 is 12.1 Å². The van der Waals surface area contributed by atoms with Crippen molar-refractivity contribution in [2.24, 2.45) is 0 Å². The van der Waals surface area contributed by atoms with Crippen LogP contribution >= 0.6 is 11.3 Å². The topological polar surface area (TPSA) is 71.7 Å². The summed E-state index contributed by atoms with van der Waals surface area (Å²) in [6.07, 6.45) is -4.89. The number of fused-ring (bicyclic) bond motifs is 1. The number of alkyl halides is 3. The molecule has 2 aromatic heterocycles. The third kappa shape index (κ3) is 1.99. The van der Waals surface area contributed by atoms with Gasteiger partial charge in [-0.1, -0.05) is 11.3 Å². The van der Waals surface area contributed by atoms with Crippen LogP contribution in [-0.4, -0.2) is 26.2 Å². The highest BCUT2D eigenvalue weighted by Gasteiger charge is 2.42. The molecule has 0 spiro atoms. The number of halogens is 3. The number of ketones is 1. The molecule has 0 bridgehead atoms. The van der Waals surface area contributed by atoms with Gasteiger partial charge in [-0.25, -0.2) is 9.78 Å². The molecule has 0 unspecified atom stereocenters. The largest absolute Gasteiger partial charge is 0.477 e. The average molecular weight is 292 g/mol. The molecule has 2 aromatic rings. The van der Waals surface area contributed by atoms with Crippen molar-refractivity contribution in [3.05, 3.63) is 22.0 Å². The van der Waals surface area contributed by atoms with E-state index >= 15 is 0 Å². The lowest BCUT2D eigenvalue weighted by atomic mass is 10.2. The minimum absolute atomic E-state index is 0.140. The molecule has 0 amide bonds. The fourth-order valence-electron chi connectivity index (χ4n) is 1.83. The number of hydrogen-bond acceptors (Lipinski definition) is 4. The van der Waals surface area contributed by atoms with Crippen LogP contribution in [0.3, 0.4) is 0 Å². The van der Waals surface area contributed by atoms with Crippen molar-refractivity contribution >= 4 is 28.1 Å². The predicted octanol–water partition coefficient (Wildman–Crippen LogP) is 2.62. The van der Waals surface area contributed by atoms with Gasteiger partial charge in [0.25, 0.3) is 0 Å². The summed E-state index contributed by atoms with van der Waals surface area (Å²) >= 11 is 0.391. The summed E-state index contributed by atoms with van der Waals surface area (Å²) in [5.41, 5.74) is -1.47. The zero-order chi connectivity index (χ0) is 14.5. The maximum Gasteiger partial charge on any atom is 0.433 e. The van der Waals surface area contributed by atoms with E-state index in [0.717, 1.165) is 6.92 Å². The molecule has 0 saturated heterocycles. The first-order chi connectivity index (χ1) is 8.64. The van der Waals surface area contributed by atoms with E-state index in [-0.39, 0.29) is 16.3 Å². The number of rotatable bonds is 2. The highest BCUT2D eigenvalue weighted by atomic mass is 32.1. The zero-order valence-corrected chi connectivity index (χ0v) is 10.5. The summed E-state index contributed by atoms with van der Waals surface area (Å²) in [4.78, 5) is 25.1. The molecule has 0 aliphatic rings. The van der Waals surface area contributed by atoms with Gasteiger partial charge in [0.2, 0.25) is 0 Å². The number of aryl methyl sites for hydroxylation is 1. The first-order valence-corrected chi connectivity index (χ1v) is 5.79. The Labute approximate surface area is 108 Å². The van der Waals surface area contributed by atoms with Gasteiger partial charge < -0.3 is 5.11 Å². The fraction of sp³-hybridized carbons (Fsp3) is 0.300. The quantitative estimate of drug-likeness (QED) is 0.864. The van der Waals surface area contributed by atoms with Crippen LogP contribution in [0.1, 0.15) is 38.5 Å². The number of carboxylic acids is 1. The SMILES string of the molecule is CC(=O)c1c(C)nc2sc(C(=O)O)c(C(F)(F)F)n12. The van der Waals surface area contributed by atoms with Gasteiger partial charge in [0.05, 0.1) is 5.69 Å². The number of aromatic carboxylic acids is 1. The fourth-order valence-corrected chi connectivity index (χ4v) is 2.86. The standard InChI is InChI=1S/C10H7F3N2O3S/c1-3-5(4(2)16)15-7(10(11,12)13)6(8(17)18)19-9(15)14-3/h1-2H3,(H,17,18). The van der Waals surface area contributed by atoms with E-state index in [1.54, 1.807) is 0 Å². The van der Waals surface area contributed by atoms with Crippen LogP contribution in [-0.2, 0) is 6.18 Å². The van der Waals surface area contributed by atoms with Gasteiger partial charge in [-0.3, -0.25) is 9.20 Å². The first-order valence-electron chi connectivity index (χ1n) is 4.98. The van der Waals surface area contributed by atoms with E-state index in [1.807, 2.05) is 0 Å². The lowest BCUT2D eigenvalue weighted by molar-refractivity contribution is -0.142. The molecule has 0 aliphatic heterocycles. The summed E-state index contributed by atoms with van der Waals surface area (Å²) < 4.78 is 39.6. The molecule has 5 nitrogen and oxygen atoms in total. The number of aromatic nitrogens is 2. The average Bonchev–Trinajstić information content (AvgIpc) is 2.68. The number of thiazole rings is 1. The number of imidazole rings is 1. The molecule has 0 radical (unpaired) electrons. The van der Waals surface area contributed by atoms with E-state index in [1.165, 1.54) is 6.92 Å². The van der Waals surface area contributed by atoms with Gasteiger partial charge in [-0.05, 0) is 6.92 Å². The lowest BCUT2D eigenvalue weighted by Gasteiger charge is -2.08. The van der Waals surface area contributed by atoms with Crippen molar-refractivity contribution in [3.8, 4) is 0 Å². The van der Waals surface area contributed by atoms with E-state index in [0.29, 0.717) is 15.7 Å². The van der Waals surface area contributed by atoms with Gasteiger partial charge in [0.1, 0.15) is 10.6 Å². The van der Waals surface area contributed by atoms with E-state index in [9.17, 15) is 22.8 Å². The minimum Gasteiger partial charge on any atom is -0.477 e. The van der Waals surface area contributed by atoms with Crippen LogP contribution in [0.2, 0.25) is 0 Å². The number of carboxylic acid groups (broad SMARTS) is 1. The monoisotopic (exact) mass is 292 g/mol. The Bertz CT molecular complexity index is 699. The van der Waals surface area contributed by atoms with Gasteiger partial charge in [0, 0.05) is 6.92 Å². The number of hydrogen-bond donors (Lipinski definition) is 1. The van der Waals surface area contributed by atoms with Crippen molar-refractivity contribution in [2.45, 2.75) is 20.0 Å². The second-order valence-electron chi connectivity index (χ2n) is 3.80. The first kappa shape index (κ1) is 13.5. The summed E-state index contributed by atoms with van der Waals surface area (Å²) in [5, 5.41) is 8.83. The highest BCUT2D eigenvalue weighted by Crippen LogP contribution is 2.38. The molecular weight excluding hydrogens is 285 g/mol. The molecular formula is C10H7F3N2O3S. The Morgan fingerprint density at radius 3 is 2.37 bits per heavy atom. The molecule has 9 heteroatoms. The van der Waals surface area contributed by atoms with Crippen LogP contribution in [0.4, 0.5) is 13.2 Å². The summed E-state index contributed by atoms with van der Waals surface area (Å²) in [5.74, 6) is -2.31. The predicted molar refractivity (Wildman–Crippen MR) is 59.8 cm³/mol. The molecule has 2 heterocycles. The van der Waals surface area contributed by atoms with Crippen molar-refractivity contribution < 1.29 is 27.9 Å². The van der Waals surface area contributed by atoms with Crippen LogP contribution in [0.25, 0.3) is 4.96 Å². The lowest BCUT2D eigenvalue weighted by Crippen LogP contribution is -2.16. The van der Waals surface area contributed by atoms with E-state index < -0.39 is 28.5 Å². The molecule has 19 heavy (non-hydrogen) atoms. The van der Waals surface area contributed by atoms with E-state index in [4.69, 9.17) is 5.11 Å². The maximum atomic E-state index is 13.0. The highest BCUT2D eigenvalue weighted by molar-refractivity contribution is 7.19. The van der Waals surface area contributed by atoms with Crippen LogP contribution in [0.5, 0.6) is 0 Å². The molecule has 0 atom stereocenters. The van der Waals surface area contributed by atoms with Crippen LogP contribution in [0, 0.1) is 6.92 Å². The minimum atomic E-state index is -4.89. The third-order valence-electron chi connectivity index (χ3n) is 2.45. The Balaban J connectivity index is 2.97. The molecule has 0 aromatic carbocycles. The van der Waals surface area contributed by atoms with E-state index in [2.05, 4.69) is 4.98 Å². The summed E-state index contributed by atoms with van der Waals surface area (Å²) in [6.45, 7) is 2.51. The Morgan fingerprint density at radius 2 is 1.95 bits per heavy atom. The summed E-state index contributed by atoms with van der Waals surface area (Å²) in [7, 11) is 0. The van der Waals surface area contributed by atoms with Crippen molar-refractivity contribution in [3.63, 3.8) is 0 Å². The molecule has 1 N–H and O–H groups in total. The van der Waals surface area contributed by atoms with Crippen LogP contribution in [0.15, 0.2) is 0 Å². The Hall–Kier alpha value is -1.90. The normalized spacial score (nSPS) is 12.1. The Morgan fingerprint density at radius 1 is 1.37 bits per heavy atom. The summed E-state index contributed by atoms with van der Waals surface area (Å²) in [6, 6.07) is 0. The smallest absolute Gasteiger partial charge is 0.433 e. The van der Waals surface area contributed by atoms with Crippen molar-refractivity contribution in [1.82, 2.24) is 9.38 Å². The number of carbonyl (C=O) groups excluding carboxylic acids is 1. The molecule has 102 valence electrons. The molecule has 0 saturated carbocycles. The maximum absolute atomic E-state index is 13.0. The number of Topliss-reactive ketones (excluding diaryl/α,β-unsaturated/α-hetero) is 1. The van der Waals surface area contributed by atoms with Gasteiger partial charge in [0.15, 0.2) is 16.4 Å². The second-order valence-corrected chi connectivity index (χ2v) is 4.78. The van der Waals surface area contributed by atoms with Crippen molar-refractivity contribution in [1.29, 1.82) is 0 Å². The number of carbonyl (C=O) groups is 2. The zero-order valence-electron chi connectivity index (χ0n) is 9.70. The third-order valence-corrected chi connectivity index (χ3v) is 3.48. The number of nitrogens with zero attached hydrogens (tertiary/aromatic N) is 2. The second kappa shape index (κ2) is 4.05. The van der Waals surface area contributed by atoms with Gasteiger partial charge in [-0.15, -0.1) is 0 Å².